The fourth-order valence-electron chi connectivity index (χ4n) is 1.56. The molecule has 0 saturated heterocycles. The normalized spacial score (nSPS) is 13.8. The lowest BCUT2D eigenvalue weighted by atomic mass is 10.1. The highest BCUT2D eigenvalue weighted by atomic mass is 32.2. The monoisotopic (exact) mass is 271 g/mol. The molecule has 1 rings (SSSR count). The predicted molar refractivity (Wildman–Crippen MR) is 73.2 cm³/mol. The van der Waals surface area contributed by atoms with Crippen LogP contribution in [0.15, 0.2) is 30.3 Å². The number of hydrogen-bond acceptors (Lipinski definition) is 3. The number of hydrogen-bond donors (Lipinski definition) is 2. The summed E-state index contributed by atoms with van der Waals surface area (Å²) in [6.45, 7) is 2.73. The van der Waals surface area contributed by atoms with Gasteiger partial charge in [-0.15, -0.1) is 0 Å². The largest absolute Gasteiger partial charge is 0.330 e. The van der Waals surface area contributed by atoms with Crippen LogP contribution in [0.4, 0.5) is 0 Å². The Hall–Kier alpha value is -0.950. The molecule has 0 saturated carbocycles. The lowest BCUT2D eigenvalue weighted by Crippen LogP contribution is -2.40. The molecule has 1 aromatic rings. The second kappa shape index (κ2) is 6.84. The van der Waals surface area contributed by atoms with Crippen LogP contribution in [0.2, 0.25) is 0 Å². The molecule has 5 nitrogen and oxygen atoms in total. The fraction of sp³-hybridized carbons (Fsp3) is 0.500. The van der Waals surface area contributed by atoms with Gasteiger partial charge in [-0.25, -0.2) is 0 Å². The SMILES string of the molecule is CC(NS(=O)(=O)N(C)CCCN)c1ccccc1. The Morgan fingerprint density at radius 2 is 1.94 bits per heavy atom. The molecule has 1 aromatic carbocycles. The highest BCUT2D eigenvalue weighted by Gasteiger charge is 2.20. The van der Waals surface area contributed by atoms with Crippen LogP contribution in [-0.2, 0) is 10.2 Å². The van der Waals surface area contributed by atoms with Crippen molar-refractivity contribution in [3.05, 3.63) is 35.9 Å². The number of nitrogens with one attached hydrogen (secondary N) is 1. The molecule has 6 heteroatoms. The average molecular weight is 271 g/mol. The zero-order chi connectivity index (χ0) is 13.6. The molecule has 0 aliphatic rings. The van der Waals surface area contributed by atoms with Gasteiger partial charge in [-0.2, -0.15) is 17.4 Å². The lowest BCUT2D eigenvalue weighted by Gasteiger charge is -2.21. The van der Waals surface area contributed by atoms with Crippen LogP contribution in [0.25, 0.3) is 0 Å². The van der Waals surface area contributed by atoms with E-state index in [0.29, 0.717) is 19.5 Å². The third-order valence-corrected chi connectivity index (χ3v) is 4.37. The highest BCUT2D eigenvalue weighted by Crippen LogP contribution is 2.13. The smallest absolute Gasteiger partial charge is 0.279 e. The van der Waals surface area contributed by atoms with Crippen molar-refractivity contribution in [2.75, 3.05) is 20.1 Å². The van der Waals surface area contributed by atoms with Crippen molar-refractivity contribution < 1.29 is 8.42 Å². The Bertz CT molecular complexity index is 448. The van der Waals surface area contributed by atoms with Crippen molar-refractivity contribution >= 4 is 10.2 Å². The Labute approximate surface area is 109 Å². The first kappa shape index (κ1) is 15.1. The van der Waals surface area contributed by atoms with Crippen molar-refractivity contribution in [1.82, 2.24) is 9.03 Å². The minimum atomic E-state index is -3.45. The van der Waals surface area contributed by atoms with Crippen LogP contribution in [0, 0.1) is 0 Å². The summed E-state index contributed by atoms with van der Waals surface area (Å²) in [5.41, 5.74) is 6.31. The molecule has 0 radical (unpaired) electrons. The maximum Gasteiger partial charge on any atom is 0.279 e. The van der Waals surface area contributed by atoms with Gasteiger partial charge in [0.1, 0.15) is 0 Å². The van der Waals surface area contributed by atoms with E-state index < -0.39 is 10.2 Å². The molecule has 0 heterocycles. The average Bonchev–Trinajstić information content (AvgIpc) is 2.36. The summed E-state index contributed by atoms with van der Waals surface area (Å²) in [6.07, 6.45) is 0.650. The van der Waals surface area contributed by atoms with Crippen LogP contribution < -0.4 is 10.5 Å². The lowest BCUT2D eigenvalue weighted by molar-refractivity contribution is 0.446. The van der Waals surface area contributed by atoms with Crippen molar-refractivity contribution in [1.29, 1.82) is 0 Å². The molecular formula is C12H21N3O2S. The summed E-state index contributed by atoms with van der Waals surface area (Å²) in [5, 5.41) is 0. The molecule has 3 N–H and O–H groups in total. The molecule has 0 bridgehead atoms. The maximum atomic E-state index is 12.0. The van der Waals surface area contributed by atoms with Crippen LogP contribution in [0.5, 0.6) is 0 Å². The molecular weight excluding hydrogens is 250 g/mol. The fourth-order valence-corrected chi connectivity index (χ4v) is 2.69. The predicted octanol–water partition coefficient (Wildman–Crippen LogP) is 0.863. The second-order valence-electron chi connectivity index (χ2n) is 4.22. The molecule has 0 aliphatic heterocycles. The Morgan fingerprint density at radius 3 is 2.50 bits per heavy atom. The van der Waals surface area contributed by atoms with Crippen LogP contribution in [0.1, 0.15) is 24.9 Å². The molecule has 0 spiro atoms. The summed E-state index contributed by atoms with van der Waals surface area (Å²) in [5.74, 6) is 0. The van der Waals surface area contributed by atoms with Gasteiger partial charge in [-0.3, -0.25) is 0 Å². The number of nitrogens with zero attached hydrogens (tertiary/aromatic N) is 1. The van der Waals surface area contributed by atoms with Gasteiger partial charge in [0.2, 0.25) is 0 Å². The van der Waals surface area contributed by atoms with Gasteiger partial charge in [0.05, 0.1) is 0 Å². The van der Waals surface area contributed by atoms with Crippen LogP contribution in [-0.4, -0.2) is 32.9 Å². The zero-order valence-corrected chi connectivity index (χ0v) is 11.7. The highest BCUT2D eigenvalue weighted by molar-refractivity contribution is 7.87. The quantitative estimate of drug-likeness (QED) is 0.772. The van der Waals surface area contributed by atoms with Gasteiger partial charge >= 0.3 is 0 Å². The van der Waals surface area contributed by atoms with E-state index in [0.717, 1.165) is 5.56 Å². The Kier molecular flexibility index (Phi) is 5.74. The maximum absolute atomic E-state index is 12.0. The van der Waals surface area contributed by atoms with Gasteiger partial charge in [0, 0.05) is 19.6 Å². The molecule has 1 unspecified atom stereocenters. The number of nitrogens with two attached hydrogens (primary N) is 1. The van der Waals surface area contributed by atoms with E-state index in [1.54, 1.807) is 7.05 Å². The molecule has 0 aromatic heterocycles. The zero-order valence-electron chi connectivity index (χ0n) is 10.8. The number of rotatable bonds is 7. The van der Waals surface area contributed by atoms with E-state index in [4.69, 9.17) is 5.73 Å². The Morgan fingerprint density at radius 1 is 1.33 bits per heavy atom. The molecule has 102 valence electrons. The van der Waals surface area contributed by atoms with E-state index in [2.05, 4.69) is 4.72 Å². The Balaban J connectivity index is 2.65. The van der Waals surface area contributed by atoms with Crippen molar-refractivity contribution in [3.63, 3.8) is 0 Å². The van der Waals surface area contributed by atoms with E-state index >= 15 is 0 Å². The summed E-state index contributed by atoms with van der Waals surface area (Å²) < 4.78 is 27.9. The molecule has 1 atom stereocenters. The van der Waals surface area contributed by atoms with Gasteiger partial charge < -0.3 is 5.73 Å². The first-order valence-electron chi connectivity index (χ1n) is 5.96. The third-order valence-electron chi connectivity index (χ3n) is 2.71. The van der Waals surface area contributed by atoms with E-state index in [9.17, 15) is 8.42 Å². The first-order chi connectivity index (χ1) is 8.47. The van der Waals surface area contributed by atoms with E-state index in [-0.39, 0.29) is 6.04 Å². The number of benzene rings is 1. The molecule has 18 heavy (non-hydrogen) atoms. The summed E-state index contributed by atoms with van der Waals surface area (Å²) in [4.78, 5) is 0. The second-order valence-corrected chi connectivity index (χ2v) is 6.03. The van der Waals surface area contributed by atoms with Crippen molar-refractivity contribution in [3.8, 4) is 0 Å². The summed E-state index contributed by atoms with van der Waals surface area (Å²) in [7, 11) is -1.90. The summed E-state index contributed by atoms with van der Waals surface area (Å²) >= 11 is 0. The minimum Gasteiger partial charge on any atom is -0.330 e. The molecule has 0 aliphatic carbocycles. The standard InChI is InChI=1S/C12H21N3O2S/c1-11(12-7-4-3-5-8-12)14-18(16,17)15(2)10-6-9-13/h3-5,7-8,11,14H,6,9-10,13H2,1-2H3. The van der Waals surface area contributed by atoms with Gasteiger partial charge in [-0.1, -0.05) is 30.3 Å². The van der Waals surface area contributed by atoms with Gasteiger partial charge in [-0.05, 0) is 25.5 Å². The van der Waals surface area contributed by atoms with Crippen LogP contribution in [0.3, 0.4) is 0 Å². The minimum absolute atomic E-state index is 0.253. The summed E-state index contributed by atoms with van der Waals surface area (Å²) in [6, 6.07) is 9.21. The van der Waals surface area contributed by atoms with Crippen LogP contribution >= 0.6 is 0 Å². The molecule has 0 fully saturated rings. The topological polar surface area (TPSA) is 75.4 Å². The molecule has 0 amide bonds. The third kappa shape index (κ3) is 4.38. The van der Waals surface area contributed by atoms with Gasteiger partial charge in [0.15, 0.2) is 0 Å². The van der Waals surface area contributed by atoms with Gasteiger partial charge in [0.25, 0.3) is 10.2 Å². The van der Waals surface area contributed by atoms with E-state index in [1.807, 2.05) is 37.3 Å². The van der Waals surface area contributed by atoms with Crippen molar-refractivity contribution in [2.45, 2.75) is 19.4 Å². The van der Waals surface area contributed by atoms with Crippen molar-refractivity contribution in [2.24, 2.45) is 5.73 Å². The van der Waals surface area contributed by atoms with E-state index in [1.165, 1.54) is 4.31 Å². The first-order valence-corrected chi connectivity index (χ1v) is 7.40.